The molecule has 1 rings (SSSR count). The van der Waals surface area contributed by atoms with Crippen molar-refractivity contribution in [2.75, 3.05) is 0 Å². The van der Waals surface area contributed by atoms with Crippen LogP contribution in [0.4, 0.5) is 5.69 Å². The van der Waals surface area contributed by atoms with Gasteiger partial charge in [0.15, 0.2) is 0 Å². The minimum absolute atomic E-state index is 0.0389. The fourth-order valence-electron chi connectivity index (χ4n) is 1.17. The summed E-state index contributed by atoms with van der Waals surface area (Å²) in [6.45, 7) is 3.63. The van der Waals surface area contributed by atoms with E-state index in [1.54, 1.807) is 13.0 Å². The molecule has 0 bridgehead atoms. The second-order valence-corrected chi connectivity index (χ2v) is 3.17. The van der Waals surface area contributed by atoms with Gasteiger partial charge in [-0.1, -0.05) is 6.92 Å². The molecule has 0 aromatic carbocycles. The largest absolute Gasteiger partial charge is 0.323 e. The van der Waals surface area contributed by atoms with Gasteiger partial charge in [0.1, 0.15) is 6.20 Å². The fourth-order valence-corrected chi connectivity index (χ4v) is 1.17. The van der Waals surface area contributed by atoms with E-state index in [9.17, 15) is 10.1 Å². The molecule has 1 aromatic rings. The molecule has 0 amide bonds. The molecule has 0 unspecified atom stereocenters. The van der Waals surface area contributed by atoms with Crippen LogP contribution in [0.5, 0.6) is 0 Å². The van der Waals surface area contributed by atoms with Crippen molar-refractivity contribution in [2.45, 2.75) is 26.3 Å². The number of hydrogen-bond acceptors (Lipinski definition) is 4. The van der Waals surface area contributed by atoms with Crippen LogP contribution < -0.4 is 5.73 Å². The highest BCUT2D eigenvalue weighted by Crippen LogP contribution is 2.19. The van der Waals surface area contributed by atoms with Crippen molar-refractivity contribution < 1.29 is 4.92 Å². The van der Waals surface area contributed by atoms with Gasteiger partial charge >= 0.3 is 0 Å². The van der Waals surface area contributed by atoms with Gasteiger partial charge in [-0.2, -0.15) is 0 Å². The Morgan fingerprint density at radius 2 is 2.36 bits per heavy atom. The summed E-state index contributed by atoms with van der Waals surface area (Å²) in [6, 6.07) is 1.53. The minimum atomic E-state index is -0.441. The topological polar surface area (TPSA) is 82.0 Å². The van der Waals surface area contributed by atoms with E-state index in [-0.39, 0.29) is 11.7 Å². The third-order valence-corrected chi connectivity index (χ3v) is 2.12. The number of hydrogen-bond donors (Lipinski definition) is 1. The third kappa shape index (κ3) is 2.05. The van der Waals surface area contributed by atoms with E-state index in [0.29, 0.717) is 11.3 Å². The number of nitrogens with two attached hydrogens (primary N) is 1. The smallest absolute Gasteiger partial charge is 0.290 e. The molecule has 0 aliphatic carbocycles. The van der Waals surface area contributed by atoms with Crippen LogP contribution in [0.1, 0.15) is 30.6 Å². The molecule has 0 saturated heterocycles. The quantitative estimate of drug-likeness (QED) is 0.588. The van der Waals surface area contributed by atoms with Crippen molar-refractivity contribution >= 4 is 5.69 Å². The Kier molecular flexibility index (Phi) is 3.14. The summed E-state index contributed by atoms with van der Waals surface area (Å²) in [7, 11) is 0. The molecule has 0 spiro atoms. The first kappa shape index (κ1) is 10.6. The average molecular weight is 195 g/mol. The summed E-state index contributed by atoms with van der Waals surface area (Å²) < 4.78 is 0. The summed E-state index contributed by atoms with van der Waals surface area (Å²) in [4.78, 5) is 14.0. The Balaban J connectivity index is 3.06. The summed E-state index contributed by atoms with van der Waals surface area (Å²) >= 11 is 0. The Morgan fingerprint density at radius 1 is 1.71 bits per heavy atom. The second kappa shape index (κ2) is 4.15. The lowest BCUT2D eigenvalue weighted by Gasteiger charge is -2.08. The van der Waals surface area contributed by atoms with Gasteiger partial charge in [-0.3, -0.25) is 15.1 Å². The maximum atomic E-state index is 10.5. The molecule has 5 heteroatoms. The third-order valence-electron chi connectivity index (χ3n) is 2.12. The van der Waals surface area contributed by atoms with Crippen molar-refractivity contribution in [2.24, 2.45) is 5.73 Å². The van der Waals surface area contributed by atoms with Crippen LogP contribution in [0.15, 0.2) is 12.3 Å². The van der Waals surface area contributed by atoms with Crippen LogP contribution in [-0.4, -0.2) is 9.91 Å². The van der Waals surface area contributed by atoms with Gasteiger partial charge < -0.3 is 5.73 Å². The zero-order valence-electron chi connectivity index (χ0n) is 8.23. The van der Waals surface area contributed by atoms with E-state index in [1.807, 2.05) is 6.92 Å². The lowest BCUT2D eigenvalue weighted by Crippen LogP contribution is -2.11. The predicted octanol–water partition coefficient (Wildman–Crippen LogP) is 1.71. The highest BCUT2D eigenvalue weighted by molar-refractivity contribution is 5.38. The summed E-state index contributed by atoms with van der Waals surface area (Å²) in [6.07, 6.45) is 2.03. The molecule has 1 aromatic heterocycles. The van der Waals surface area contributed by atoms with Crippen LogP contribution in [0.3, 0.4) is 0 Å². The molecule has 0 fully saturated rings. The van der Waals surface area contributed by atoms with Crippen LogP contribution >= 0.6 is 0 Å². The first-order valence-corrected chi connectivity index (χ1v) is 4.42. The van der Waals surface area contributed by atoms with Crippen LogP contribution in [0, 0.1) is 17.0 Å². The average Bonchev–Trinajstić information content (AvgIpc) is 2.15. The van der Waals surface area contributed by atoms with Gasteiger partial charge in [-0.05, 0) is 19.4 Å². The van der Waals surface area contributed by atoms with Gasteiger partial charge in [0.2, 0.25) is 0 Å². The number of aryl methyl sites for hydroxylation is 1. The van der Waals surface area contributed by atoms with E-state index >= 15 is 0 Å². The normalized spacial score (nSPS) is 12.5. The zero-order chi connectivity index (χ0) is 10.7. The summed E-state index contributed by atoms with van der Waals surface area (Å²) in [5.74, 6) is 0. The molecule has 0 saturated carbocycles. The van der Waals surface area contributed by atoms with E-state index in [4.69, 9.17) is 5.73 Å². The fraction of sp³-hybridized carbons (Fsp3) is 0.444. The highest BCUT2D eigenvalue weighted by Gasteiger charge is 2.13. The van der Waals surface area contributed by atoms with Crippen molar-refractivity contribution in [3.63, 3.8) is 0 Å². The molecule has 1 heterocycles. The Hall–Kier alpha value is -1.49. The lowest BCUT2D eigenvalue weighted by atomic mass is 10.1. The summed E-state index contributed by atoms with van der Waals surface area (Å²) in [5, 5.41) is 10.5. The van der Waals surface area contributed by atoms with Crippen LogP contribution in [0.2, 0.25) is 0 Å². The van der Waals surface area contributed by atoms with E-state index in [2.05, 4.69) is 4.98 Å². The number of pyridine rings is 1. The number of rotatable bonds is 3. The highest BCUT2D eigenvalue weighted by atomic mass is 16.6. The molecular weight excluding hydrogens is 182 g/mol. The standard InChI is InChI=1S/C9H13N3O2/c1-3-7(10)8-4-6(2)9(5-11-8)12(13)14/h4-5,7H,3,10H2,1-2H3/t7-/m0/s1. The van der Waals surface area contributed by atoms with E-state index in [1.165, 1.54) is 6.20 Å². The molecule has 76 valence electrons. The van der Waals surface area contributed by atoms with Crippen molar-refractivity contribution in [1.29, 1.82) is 0 Å². The Morgan fingerprint density at radius 3 is 2.79 bits per heavy atom. The Bertz CT molecular complexity index is 352. The van der Waals surface area contributed by atoms with Gasteiger partial charge in [0.25, 0.3) is 5.69 Å². The molecule has 0 aliphatic heterocycles. The first-order valence-electron chi connectivity index (χ1n) is 4.42. The monoisotopic (exact) mass is 195 g/mol. The van der Waals surface area contributed by atoms with Gasteiger partial charge in [-0.15, -0.1) is 0 Å². The van der Waals surface area contributed by atoms with Gasteiger partial charge in [0, 0.05) is 11.6 Å². The maximum absolute atomic E-state index is 10.5. The second-order valence-electron chi connectivity index (χ2n) is 3.17. The molecule has 1 atom stereocenters. The molecule has 14 heavy (non-hydrogen) atoms. The molecular formula is C9H13N3O2. The Labute approximate surface area is 82.1 Å². The molecule has 5 nitrogen and oxygen atoms in total. The van der Waals surface area contributed by atoms with Crippen molar-refractivity contribution in [3.05, 3.63) is 33.6 Å². The zero-order valence-corrected chi connectivity index (χ0v) is 8.23. The van der Waals surface area contributed by atoms with E-state index < -0.39 is 4.92 Å². The predicted molar refractivity (Wildman–Crippen MR) is 52.8 cm³/mol. The van der Waals surface area contributed by atoms with Gasteiger partial charge in [0.05, 0.1) is 10.6 Å². The first-order chi connectivity index (χ1) is 6.56. The molecule has 0 radical (unpaired) electrons. The van der Waals surface area contributed by atoms with Gasteiger partial charge in [-0.25, -0.2) is 0 Å². The number of aromatic nitrogens is 1. The lowest BCUT2D eigenvalue weighted by molar-refractivity contribution is -0.385. The maximum Gasteiger partial charge on any atom is 0.290 e. The van der Waals surface area contributed by atoms with E-state index in [0.717, 1.165) is 6.42 Å². The SMILES string of the molecule is CC[C@H](N)c1cc(C)c([N+](=O)[O-])cn1. The molecule has 2 N–H and O–H groups in total. The van der Waals surface area contributed by atoms with Crippen LogP contribution in [0.25, 0.3) is 0 Å². The number of nitro groups is 1. The summed E-state index contributed by atoms with van der Waals surface area (Å²) in [5.41, 5.74) is 7.10. The van der Waals surface area contributed by atoms with Crippen molar-refractivity contribution in [3.8, 4) is 0 Å². The van der Waals surface area contributed by atoms with Crippen LogP contribution in [-0.2, 0) is 0 Å². The minimum Gasteiger partial charge on any atom is -0.323 e. The number of nitrogens with zero attached hydrogens (tertiary/aromatic N) is 2. The van der Waals surface area contributed by atoms with Crippen molar-refractivity contribution in [1.82, 2.24) is 4.98 Å². The molecule has 0 aliphatic rings.